The number of hydrogen-bond donors (Lipinski definition) is 1. The summed E-state index contributed by atoms with van der Waals surface area (Å²) in [6.45, 7) is 9.12. The first-order chi connectivity index (χ1) is 8.88. The molecule has 1 saturated heterocycles. The average Bonchev–Trinajstić information content (AvgIpc) is 2.54. The van der Waals surface area contributed by atoms with Crippen molar-refractivity contribution in [3.05, 3.63) is 12.3 Å². The lowest BCUT2D eigenvalue weighted by atomic mass is 10.0. The van der Waals surface area contributed by atoms with Crippen molar-refractivity contribution in [3.8, 4) is 0 Å². The topological polar surface area (TPSA) is 40.0 Å². The standard InChI is InChI=1S/C12H20N4.C2H6/c1-11-9-14-5-2-6-15-10-16(11)12-3-7-13-8-4-12;1-2/h2,5,9-13H,3-4,6-8H2,1H3;1-2H3/b5-2-,14-9?,15-10?;. The largest absolute Gasteiger partial charge is 0.352 e. The van der Waals surface area contributed by atoms with Crippen LogP contribution in [0.15, 0.2) is 22.3 Å². The van der Waals surface area contributed by atoms with Gasteiger partial charge in [-0.3, -0.25) is 9.98 Å². The molecule has 4 nitrogen and oxygen atoms in total. The molecule has 2 rings (SSSR count). The van der Waals surface area contributed by atoms with Crippen LogP contribution in [0.25, 0.3) is 0 Å². The predicted octanol–water partition coefficient (Wildman–Crippen LogP) is 2.08. The van der Waals surface area contributed by atoms with E-state index < -0.39 is 0 Å². The Morgan fingerprint density at radius 1 is 1.22 bits per heavy atom. The molecule has 0 bridgehead atoms. The van der Waals surface area contributed by atoms with E-state index in [0.29, 0.717) is 12.1 Å². The summed E-state index contributed by atoms with van der Waals surface area (Å²) in [4.78, 5) is 11.0. The molecule has 1 fully saturated rings. The molecule has 0 aromatic heterocycles. The van der Waals surface area contributed by atoms with Gasteiger partial charge in [0.2, 0.25) is 0 Å². The minimum absolute atomic E-state index is 0.328. The highest BCUT2D eigenvalue weighted by Gasteiger charge is 2.22. The molecule has 0 spiro atoms. The molecule has 0 aromatic carbocycles. The molecule has 0 aliphatic carbocycles. The fourth-order valence-corrected chi connectivity index (χ4v) is 2.20. The van der Waals surface area contributed by atoms with Crippen molar-refractivity contribution in [2.75, 3.05) is 19.6 Å². The normalized spacial score (nSPS) is 26.6. The third-order valence-electron chi connectivity index (χ3n) is 3.12. The molecule has 1 atom stereocenters. The molecule has 2 aliphatic heterocycles. The zero-order chi connectivity index (χ0) is 13.2. The maximum absolute atomic E-state index is 4.41. The van der Waals surface area contributed by atoms with Crippen LogP contribution in [0.2, 0.25) is 0 Å². The van der Waals surface area contributed by atoms with Gasteiger partial charge < -0.3 is 10.2 Å². The van der Waals surface area contributed by atoms with E-state index in [1.165, 1.54) is 12.8 Å². The summed E-state index contributed by atoms with van der Waals surface area (Å²) in [5, 5.41) is 3.39. The Labute approximate surface area is 111 Å². The van der Waals surface area contributed by atoms with E-state index in [2.05, 4.69) is 27.1 Å². The van der Waals surface area contributed by atoms with E-state index in [1.807, 2.05) is 38.7 Å². The molecule has 0 saturated carbocycles. The SMILES string of the molecule is CC.CC1C=N/C=C\CN=CN1C1CCNCC1. The number of piperidine rings is 1. The number of aliphatic imine (C=N–C) groups is 2. The van der Waals surface area contributed by atoms with Crippen LogP contribution in [0.5, 0.6) is 0 Å². The van der Waals surface area contributed by atoms with E-state index in [1.54, 1.807) is 0 Å². The highest BCUT2D eigenvalue weighted by atomic mass is 15.2. The Hall–Kier alpha value is -1.16. The highest BCUT2D eigenvalue weighted by molar-refractivity contribution is 5.70. The first-order valence-corrected chi connectivity index (χ1v) is 7.04. The molecule has 18 heavy (non-hydrogen) atoms. The molecule has 2 aliphatic rings. The van der Waals surface area contributed by atoms with Gasteiger partial charge in [-0.1, -0.05) is 13.8 Å². The van der Waals surface area contributed by atoms with Crippen molar-refractivity contribution in [2.45, 2.75) is 45.7 Å². The average molecular weight is 250 g/mol. The zero-order valence-electron chi connectivity index (χ0n) is 11.8. The summed E-state index contributed by atoms with van der Waals surface area (Å²) < 4.78 is 0. The number of rotatable bonds is 1. The van der Waals surface area contributed by atoms with Gasteiger partial charge in [0.25, 0.3) is 0 Å². The van der Waals surface area contributed by atoms with Gasteiger partial charge in [0.15, 0.2) is 0 Å². The van der Waals surface area contributed by atoms with Gasteiger partial charge in [0.1, 0.15) is 0 Å². The summed E-state index contributed by atoms with van der Waals surface area (Å²) >= 11 is 0. The lowest BCUT2D eigenvalue weighted by Crippen LogP contribution is -2.47. The monoisotopic (exact) mass is 250 g/mol. The van der Waals surface area contributed by atoms with Crippen LogP contribution in [0, 0.1) is 0 Å². The van der Waals surface area contributed by atoms with Crippen molar-refractivity contribution >= 4 is 12.6 Å². The summed E-state index contributed by atoms with van der Waals surface area (Å²) in [5.41, 5.74) is 0. The Kier molecular flexibility index (Phi) is 7.34. The smallest absolute Gasteiger partial charge is 0.0861 e. The fourth-order valence-electron chi connectivity index (χ4n) is 2.20. The van der Waals surface area contributed by atoms with Gasteiger partial charge in [-0.2, -0.15) is 0 Å². The Balaban J connectivity index is 0.000000771. The third-order valence-corrected chi connectivity index (χ3v) is 3.12. The number of nitrogens with zero attached hydrogens (tertiary/aromatic N) is 3. The minimum atomic E-state index is 0.328. The molecular formula is C14H26N4. The molecule has 0 amide bonds. The van der Waals surface area contributed by atoms with Gasteiger partial charge in [0.05, 0.1) is 18.9 Å². The van der Waals surface area contributed by atoms with Crippen LogP contribution >= 0.6 is 0 Å². The molecule has 1 unspecified atom stereocenters. The van der Waals surface area contributed by atoms with Crippen molar-refractivity contribution in [1.29, 1.82) is 0 Å². The van der Waals surface area contributed by atoms with E-state index in [4.69, 9.17) is 0 Å². The second kappa shape index (κ2) is 8.86. The highest BCUT2D eigenvalue weighted by Crippen LogP contribution is 2.13. The molecule has 102 valence electrons. The van der Waals surface area contributed by atoms with Crippen molar-refractivity contribution in [1.82, 2.24) is 10.2 Å². The Morgan fingerprint density at radius 3 is 2.67 bits per heavy atom. The van der Waals surface area contributed by atoms with Gasteiger partial charge in [-0.15, -0.1) is 0 Å². The fraction of sp³-hybridized carbons (Fsp3) is 0.714. The molecule has 4 heteroatoms. The number of nitrogens with one attached hydrogen (secondary N) is 1. The van der Waals surface area contributed by atoms with Gasteiger partial charge >= 0.3 is 0 Å². The van der Waals surface area contributed by atoms with Crippen molar-refractivity contribution in [3.63, 3.8) is 0 Å². The van der Waals surface area contributed by atoms with Gasteiger partial charge in [-0.25, -0.2) is 0 Å². The quantitative estimate of drug-likeness (QED) is 0.774. The second-order valence-electron chi connectivity index (χ2n) is 4.33. The van der Waals surface area contributed by atoms with Crippen molar-refractivity contribution < 1.29 is 0 Å². The number of hydrogen-bond acceptors (Lipinski definition) is 4. The first-order valence-electron chi connectivity index (χ1n) is 7.04. The maximum Gasteiger partial charge on any atom is 0.0861 e. The van der Waals surface area contributed by atoms with Gasteiger partial charge in [0, 0.05) is 18.5 Å². The maximum atomic E-state index is 4.41. The van der Waals surface area contributed by atoms with Crippen molar-refractivity contribution in [2.24, 2.45) is 9.98 Å². The minimum Gasteiger partial charge on any atom is -0.352 e. The predicted molar refractivity (Wildman–Crippen MR) is 79.5 cm³/mol. The third kappa shape index (κ3) is 4.61. The van der Waals surface area contributed by atoms with E-state index >= 15 is 0 Å². The van der Waals surface area contributed by atoms with E-state index in [0.717, 1.165) is 19.6 Å². The van der Waals surface area contributed by atoms with Crippen LogP contribution in [-0.2, 0) is 0 Å². The lowest BCUT2D eigenvalue weighted by molar-refractivity contribution is 0.247. The first kappa shape index (κ1) is 14.9. The van der Waals surface area contributed by atoms with Crippen LogP contribution < -0.4 is 5.32 Å². The van der Waals surface area contributed by atoms with Crippen LogP contribution in [0.3, 0.4) is 0 Å². The van der Waals surface area contributed by atoms with E-state index in [-0.39, 0.29) is 0 Å². The van der Waals surface area contributed by atoms with Crippen LogP contribution in [0.4, 0.5) is 0 Å². The Bertz CT molecular complexity index is 290. The summed E-state index contributed by atoms with van der Waals surface area (Å²) in [6, 6.07) is 0.930. The summed E-state index contributed by atoms with van der Waals surface area (Å²) in [6.07, 6.45) is 10.2. The van der Waals surface area contributed by atoms with Gasteiger partial charge in [-0.05, 0) is 38.9 Å². The molecular weight excluding hydrogens is 224 g/mol. The Morgan fingerprint density at radius 2 is 1.94 bits per heavy atom. The van der Waals surface area contributed by atoms with Crippen LogP contribution in [-0.4, -0.2) is 49.2 Å². The summed E-state index contributed by atoms with van der Waals surface area (Å²) in [5.74, 6) is 0. The second-order valence-corrected chi connectivity index (χ2v) is 4.33. The van der Waals surface area contributed by atoms with E-state index in [9.17, 15) is 0 Å². The molecule has 2 heterocycles. The van der Waals surface area contributed by atoms with Crippen LogP contribution in [0.1, 0.15) is 33.6 Å². The molecule has 0 radical (unpaired) electrons. The lowest BCUT2D eigenvalue weighted by Gasteiger charge is -2.36. The zero-order valence-corrected chi connectivity index (χ0v) is 11.8. The molecule has 0 aromatic rings. The summed E-state index contributed by atoms with van der Waals surface area (Å²) in [7, 11) is 0. The molecule has 1 N–H and O–H groups in total.